The Labute approximate surface area is 150 Å². The zero-order chi connectivity index (χ0) is 17.9. The summed E-state index contributed by atoms with van der Waals surface area (Å²) in [5.74, 6) is 1.55. The number of nitrogens with one attached hydrogen (secondary N) is 1. The van der Waals surface area contributed by atoms with E-state index in [0.717, 1.165) is 37.5 Å². The van der Waals surface area contributed by atoms with Crippen LogP contribution in [-0.4, -0.2) is 27.2 Å². The van der Waals surface area contributed by atoms with Crippen LogP contribution < -0.4 is 10.7 Å². The quantitative estimate of drug-likeness (QED) is 0.776. The summed E-state index contributed by atoms with van der Waals surface area (Å²) in [5, 5.41) is 11.8. The minimum Gasteiger partial charge on any atom is -0.451 e. The fourth-order valence-electron chi connectivity index (χ4n) is 3.32. The second kappa shape index (κ2) is 7.11. The van der Waals surface area contributed by atoms with E-state index in [9.17, 15) is 9.59 Å². The van der Waals surface area contributed by atoms with Crippen LogP contribution in [0.2, 0.25) is 0 Å². The van der Waals surface area contributed by atoms with E-state index in [4.69, 9.17) is 4.42 Å². The lowest BCUT2D eigenvalue weighted by Gasteiger charge is -2.08. The molecule has 1 aromatic carbocycles. The molecule has 2 aromatic heterocycles. The highest BCUT2D eigenvalue weighted by atomic mass is 16.3. The van der Waals surface area contributed by atoms with Crippen molar-refractivity contribution in [1.82, 2.24) is 20.1 Å². The Morgan fingerprint density at radius 2 is 2.08 bits per heavy atom. The fraction of sp³-hybridized carbons (Fsp3) is 0.368. The summed E-state index contributed by atoms with van der Waals surface area (Å²) in [6.45, 7) is 1.35. The molecule has 0 spiro atoms. The number of nitrogens with zero attached hydrogens (tertiary/aromatic N) is 3. The average molecular weight is 352 g/mol. The van der Waals surface area contributed by atoms with E-state index in [2.05, 4.69) is 20.1 Å². The van der Waals surface area contributed by atoms with E-state index in [0.29, 0.717) is 23.9 Å². The molecule has 3 heterocycles. The van der Waals surface area contributed by atoms with Crippen LogP contribution in [0.5, 0.6) is 0 Å². The monoisotopic (exact) mass is 352 g/mol. The normalized spacial score (nSPS) is 14.0. The van der Waals surface area contributed by atoms with E-state index in [1.807, 2.05) is 0 Å². The first-order valence-electron chi connectivity index (χ1n) is 8.94. The van der Waals surface area contributed by atoms with Crippen molar-refractivity contribution in [2.75, 3.05) is 6.54 Å². The third-order valence-electron chi connectivity index (χ3n) is 4.68. The first-order chi connectivity index (χ1) is 12.7. The number of carbonyl (C=O) groups excluding carboxylic acids is 1. The maximum absolute atomic E-state index is 12.3. The van der Waals surface area contributed by atoms with Gasteiger partial charge in [-0.2, -0.15) is 0 Å². The van der Waals surface area contributed by atoms with Crippen LogP contribution in [0, 0.1) is 0 Å². The van der Waals surface area contributed by atoms with Gasteiger partial charge in [0.15, 0.2) is 11.2 Å². The summed E-state index contributed by atoms with van der Waals surface area (Å²) in [7, 11) is 0. The summed E-state index contributed by atoms with van der Waals surface area (Å²) in [5.41, 5.74) is 0.188. The summed E-state index contributed by atoms with van der Waals surface area (Å²) in [6.07, 6.45) is 5.04. The van der Waals surface area contributed by atoms with Gasteiger partial charge in [-0.05, 0) is 25.0 Å². The van der Waals surface area contributed by atoms with Gasteiger partial charge in [-0.3, -0.25) is 9.59 Å². The van der Waals surface area contributed by atoms with Crippen molar-refractivity contribution in [3.63, 3.8) is 0 Å². The largest absolute Gasteiger partial charge is 0.451 e. The van der Waals surface area contributed by atoms with Gasteiger partial charge in [0.2, 0.25) is 0 Å². The lowest BCUT2D eigenvalue weighted by atomic mass is 10.2. The first kappa shape index (κ1) is 16.5. The molecule has 4 rings (SSSR count). The SMILES string of the molecule is O=C(NCCc1nnc2n1CCCCC2)c1cc(=O)c2ccccc2o1. The maximum atomic E-state index is 12.3. The Kier molecular flexibility index (Phi) is 4.51. The number of rotatable bonds is 4. The maximum Gasteiger partial charge on any atom is 0.287 e. The Morgan fingerprint density at radius 1 is 1.19 bits per heavy atom. The Balaban J connectivity index is 1.43. The molecule has 1 aliphatic heterocycles. The molecule has 7 heteroatoms. The van der Waals surface area contributed by atoms with Gasteiger partial charge in [-0.1, -0.05) is 18.6 Å². The number of aromatic nitrogens is 3. The van der Waals surface area contributed by atoms with Crippen LogP contribution in [-0.2, 0) is 19.4 Å². The zero-order valence-electron chi connectivity index (χ0n) is 14.4. The summed E-state index contributed by atoms with van der Waals surface area (Å²) in [6, 6.07) is 8.13. The third-order valence-corrected chi connectivity index (χ3v) is 4.68. The van der Waals surface area contributed by atoms with Gasteiger partial charge in [-0.15, -0.1) is 10.2 Å². The van der Waals surface area contributed by atoms with Crippen LogP contribution in [0.3, 0.4) is 0 Å². The van der Waals surface area contributed by atoms with Gasteiger partial charge in [0, 0.05) is 32.0 Å². The van der Waals surface area contributed by atoms with E-state index < -0.39 is 5.91 Å². The summed E-state index contributed by atoms with van der Waals surface area (Å²) >= 11 is 0. The molecule has 0 atom stereocenters. The van der Waals surface area contributed by atoms with Gasteiger partial charge < -0.3 is 14.3 Å². The standard InChI is InChI=1S/C19H20N4O3/c24-14-12-16(26-15-7-4-3-6-13(14)15)19(25)20-10-9-18-22-21-17-8-2-1-5-11-23(17)18/h3-4,6-7,12H,1-2,5,8-11H2,(H,20,25). The number of hydrogen-bond acceptors (Lipinski definition) is 5. The average Bonchev–Trinajstić information content (AvgIpc) is 2.88. The number of hydrogen-bond donors (Lipinski definition) is 1. The fourth-order valence-corrected chi connectivity index (χ4v) is 3.32. The van der Waals surface area contributed by atoms with Crippen LogP contribution in [0.1, 0.15) is 41.5 Å². The number of carbonyl (C=O) groups is 1. The molecule has 1 aliphatic rings. The predicted molar refractivity (Wildman–Crippen MR) is 96.1 cm³/mol. The van der Waals surface area contributed by atoms with E-state index in [-0.39, 0.29) is 11.2 Å². The second-order valence-corrected chi connectivity index (χ2v) is 6.47. The first-order valence-corrected chi connectivity index (χ1v) is 8.94. The van der Waals surface area contributed by atoms with E-state index in [1.165, 1.54) is 12.5 Å². The molecule has 26 heavy (non-hydrogen) atoms. The molecule has 7 nitrogen and oxygen atoms in total. The molecule has 0 unspecified atom stereocenters. The molecule has 0 bridgehead atoms. The predicted octanol–water partition coefficient (Wildman–Crippen LogP) is 2.08. The third kappa shape index (κ3) is 3.24. The molecule has 0 saturated heterocycles. The minimum atomic E-state index is -0.400. The topological polar surface area (TPSA) is 90.0 Å². The van der Waals surface area contributed by atoms with Crippen molar-refractivity contribution in [2.24, 2.45) is 0 Å². The second-order valence-electron chi connectivity index (χ2n) is 6.47. The smallest absolute Gasteiger partial charge is 0.287 e. The molecule has 1 N–H and O–H groups in total. The number of aryl methyl sites for hydroxylation is 1. The summed E-state index contributed by atoms with van der Waals surface area (Å²) < 4.78 is 7.72. The van der Waals surface area contributed by atoms with Crippen LogP contribution in [0.15, 0.2) is 39.5 Å². The Bertz CT molecular complexity index is 1010. The van der Waals surface area contributed by atoms with Crippen molar-refractivity contribution < 1.29 is 9.21 Å². The van der Waals surface area contributed by atoms with Crippen molar-refractivity contribution in [3.8, 4) is 0 Å². The van der Waals surface area contributed by atoms with Gasteiger partial charge in [0.05, 0.1) is 5.39 Å². The van der Waals surface area contributed by atoms with Gasteiger partial charge in [0.1, 0.15) is 17.2 Å². The van der Waals surface area contributed by atoms with Gasteiger partial charge in [0.25, 0.3) is 5.91 Å². The lowest BCUT2D eigenvalue weighted by molar-refractivity contribution is 0.0926. The number of benzene rings is 1. The Morgan fingerprint density at radius 3 is 3.00 bits per heavy atom. The number of fused-ring (bicyclic) bond motifs is 2. The highest BCUT2D eigenvalue weighted by Crippen LogP contribution is 2.15. The van der Waals surface area contributed by atoms with Crippen molar-refractivity contribution >= 4 is 16.9 Å². The number of amides is 1. The van der Waals surface area contributed by atoms with Gasteiger partial charge in [-0.25, -0.2) is 0 Å². The molecular formula is C19H20N4O3. The van der Waals surface area contributed by atoms with E-state index >= 15 is 0 Å². The van der Waals surface area contributed by atoms with E-state index in [1.54, 1.807) is 24.3 Å². The number of para-hydroxylation sites is 1. The minimum absolute atomic E-state index is 0.0220. The molecule has 0 radical (unpaired) electrons. The highest BCUT2D eigenvalue weighted by Gasteiger charge is 2.16. The summed E-state index contributed by atoms with van der Waals surface area (Å²) in [4.78, 5) is 24.4. The van der Waals surface area contributed by atoms with Crippen molar-refractivity contribution in [1.29, 1.82) is 0 Å². The zero-order valence-corrected chi connectivity index (χ0v) is 14.4. The molecular weight excluding hydrogens is 332 g/mol. The van der Waals surface area contributed by atoms with Crippen LogP contribution in [0.4, 0.5) is 0 Å². The van der Waals surface area contributed by atoms with Crippen molar-refractivity contribution in [3.05, 3.63) is 58.0 Å². The van der Waals surface area contributed by atoms with Crippen molar-refractivity contribution in [2.45, 2.75) is 38.6 Å². The van der Waals surface area contributed by atoms with Gasteiger partial charge >= 0.3 is 0 Å². The van der Waals surface area contributed by atoms with Crippen LogP contribution in [0.25, 0.3) is 11.0 Å². The molecule has 0 fully saturated rings. The molecule has 0 saturated carbocycles. The molecule has 0 aliphatic carbocycles. The Hall–Kier alpha value is -2.96. The highest BCUT2D eigenvalue weighted by molar-refractivity contribution is 5.93. The molecule has 134 valence electrons. The molecule has 1 amide bonds. The molecule has 3 aromatic rings. The lowest BCUT2D eigenvalue weighted by Crippen LogP contribution is -2.27. The van der Waals surface area contributed by atoms with Crippen LogP contribution >= 0.6 is 0 Å².